The minimum atomic E-state index is -0.314. The Bertz CT molecular complexity index is 885. The van der Waals surface area contributed by atoms with Crippen molar-refractivity contribution in [3.05, 3.63) is 60.3 Å². The summed E-state index contributed by atoms with van der Waals surface area (Å²) in [6.45, 7) is 4.04. The van der Waals surface area contributed by atoms with Gasteiger partial charge >= 0.3 is 0 Å². The molecule has 27 heavy (non-hydrogen) atoms. The first-order chi connectivity index (χ1) is 12.8. The molecule has 3 aromatic rings. The molecule has 1 aromatic carbocycles. The van der Waals surface area contributed by atoms with E-state index < -0.39 is 0 Å². The van der Waals surface area contributed by atoms with E-state index in [2.05, 4.69) is 25.8 Å². The number of guanidine groups is 1. The second-order valence-corrected chi connectivity index (χ2v) is 5.47. The summed E-state index contributed by atoms with van der Waals surface area (Å²) in [7, 11) is 0. The lowest BCUT2D eigenvalue weighted by Gasteiger charge is -2.12. The van der Waals surface area contributed by atoms with Gasteiger partial charge in [-0.05, 0) is 31.2 Å². The quantitative estimate of drug-likeness (QED) is 0.234. The number of aliphatic imine (C=N–C) groups is 1. The van der Waals surface area contributed by atoms with Gasteiger partial charge in [0, 0.05) is 18.8 Å². The molecule has 0 saturated carbocycles. The van der Waals surface area contributed by atoms with Crippen molar-refractivity contribution in [1.29, 1.82) is 0 Å². The van der Waals surface area contributed by atoms with Crippen molar-refractivity contribution in [3.63, 3.8) is 0 Å². The number of halogens is 2. The zero-order valence-electron chi connectivity index (χ0n) is 14.9. The lowest BCUT2D eigenvalue weighted by molar-refractivity contribution is 0.320. The van der Waals surface area contributed by atoms with E-state index in [1.807, 2.05) is 35.7 Å². The summed E-state index contributed by atoms with van der Waals surface area (Å²) in [5, 5.41) is 14.6. The Labute approximate surface area is 174 Å². The molecule has 0 spiro atoms. The Hall–Kier alpha value is -2.43. The molecule has 0 aliphatic heterocycles. The molecule has 0 unspecified atom stereocenters. The number of nitrogens with zero attached hydrogens (tertiary/aromatic N) is 4. The maximum Gasteiger partial charge on any atom is 0.191 e. The van der Waals surface area contributed by atoms with Crippen LogP contribution in [0.3, 0.4) is 0 Å². The standard InChI is InChI=1S/C18H21FN6O.HI/c1-2-20-18(21-9-11-26-15-7-5-6-14(19)12-15)22-13-17-24-23-16-8-3-4-10-25(16)17;/h3-8,10,12H,2,9,11,13H2,1H3,(H2,20,21,22);1H. The van der Waals surface area contributed by atoms with Crippen LogP contribution in [0.2, 0.25) is 0 Å². The van der Waals surface area contributed by atoms with Crippen molar-refractivity contribution in [2.75, 3.05) is 19.7 Å². The molecule has 2 heterocycles. The fourth-order valence-corrected chi connectivity index (χ4v) is 2.39. The average Bonchev–Trinajstić information content (AvgIpc) is 3.06. The van der Waals surface area contributed by atoms with Gasteiger partial charge in [-0.15, -0.1) is 34.2 Å². The van der Waals surface area contributed by atoms with Crippen LogP contribution in [0.1, 0.15) is 12.7 Å². The number of nitrogens with one attached hydrogen (secondary N) is 2. The summed E-state index contributed by atoms with van der Waals surface area (Å²) in [5.74, 6) is 1.60. The second kappa shape index (κ2) is 10.7. The number of hydrogen-bond acceptors (Lipinski definition) is 4. The Balaban J connectivity index is 0.00000261. The van der Waals surface area contributed by atoms with Crippen molar-refractivity contribution >= 4 is 35.6 Å². The maximum absolute atomic E-state index is 13.1. The van der Waals surface area contributed by atoms with Crippen molar-refractivity contribution in [2.24, 2.45) is 4.99 Å². The van der Waals surface area contributed by atoms with Gasteiger partial charge in [0.2, 0.25) is 0 Å². The second-order valence-electron chi connectivity index (χ2n) is 5.47. The third-order valence-corrected chi connectivity index (χ3v) is 3.57. The van der Waals surface area contributed by atoms with Gasteiger partial charge in [-0.25, -0.2) is 9.38 Å². The predicted molar refractivity (Wildman–Crippen MR) is 113 cm³/mol. The van der Waals surface area contributed by atoms with E-state index in [1.165, 1.54) is 12.1 Å². The molecule has 0 aliphatic rings. The van der Waals surface area contributed by atoms with Crippen LogP contribution < -0.4 is 15.4 Å². The van der Waals surface area contributed by atoms with Gasteiger partial charge in [0.25, 0.3) is 0 Å². The molecule has 2 aromatic heterocycles. The first-order valence-electron chi connectivity index (χ1n) is 8.45. The normalized spacial score (nSPS) is 11.1. The summed E-state index contributed by atoms with van der Waals surface area (Å²) >= 11 is 0. The van der Waals surface area contributed by atoms with E-state index in [0.29, 0.717) is 31.4 Å². The number of pyridine rings is 1. The summed E-state index contributed by atoms with van der Waals surface area (Å²) in [6.07, 6.45) is 1.91. The number of benzene rings is 1. The third kappa shape index (κ3) is 6.05. The van der Waals surface area contributed by atoms with E-state index in [4.69, 9.17) is 4.74 Å². The number of ether oxygens (including phenoxy) is 1. The summed E-state index contributed by atoms with van der Waals surface area (Å²) in [5.41, 5.74) is 0.791. The summed E-state index contributed by atoms with van der Waals surface area (Å²) in [6, 6.07) is 11.8. The van der Waals surface area contributed by atoms with Crippen LogP contribution in [0, 0.1) is 5.82 Å². The number of rotatable bonds is 7. The van der Waals surface area contributed by atoms with Crippen LogP contribution in [-0.4, -0.2) is 40.3 Å². The highest BCUT2D eigenvalue weighted by atomic mass is 127. The number of hydrogen-bond donors (Lipinski definition) is 2. The Morgan fingerprint density at radius 2 is 2.07 bits per heavy atom. The van der Waals surface area contributed by atoms with Crippen LogP contribution in [0.5, 0.6) is 5.75 Å². The fraction of sp³-hybridized carbons (Fsp3) is 0.278. The van der Waals surface area contributed by atoms with E-state index in [0.717, 1.165) is 18.0 Å². The highest BCUT2D eigenvalue weighted by molar-refractivity contribution is 14.0. The van der Waals surface area contributed by atoms with E-state index in [9.17, 15) is 4.39 Å². The zero-order chi connectivity index (χ0) is 18.2. The van der Waals surface area contributed by atoms with Gasteiger partial charge in [-0.2, -0.15) is 0 Å². The SMILES string of the molecule is CCNC(=NCc1nnc2ccccn12)NCCOc1cccc(F)c1.I. The monoisotopic (exact) mass is 484 g/mol. The third-order valence-electron chi connectivity index (χ3n) is 3.57. The van der Waals surface area contributed by atoms with Crippen LogP contribution in [-0.2, 0) is 6.54 Å². The van der Waals surface area contributed by atoms with Crippen LogP contribution in [0.4, 0.5) is 4.39 Å². The van der Waals surface area contributed by atoms with Gasteiger partial charge < -0.3 is 15.4 Å². The molecule has 7 nitrogen and oxygen atoms in total. The van der Waals surface area contributed by atoms with Crippen molar-refractivity contribution in [3.8, 4) is 5.75 Å². The highest BCUT2D eigenvalue weighted by Crippen LogP contribution is 2.11. The smallest absolute Gasteiger partial charge is 0.191 e. The summed E-state index contributed by atoms with van der Waals surface area (Å²) < 4.78 is 20.5. The number of aromatic nitrogens is 3. The van der Waals surface area contributed by atoms with Crippen molar-refractivity contribution in [2.45, 2.75) is 13.5 Å². The molecule has 144 valence electrons. The van der Waals surface area contributed by atoms with Gasteiger partial charge in [-0.3, -0.25) is 4.40 Å². The molecule has 9 heteroatoms. The van der Waals surface area contributed by atoms with Crippen LogP contribution in [0.15, 0.2) is 53.7 Å². The Morgan fingerprint density at radius 3 is 2.89 bits per heavy atom. The molecule has 2 N–H and O–H groups in total. The van der Waals surface area contributed by atoms with E-state index in [1.54, 1.807) is 12.1 Å². The molecular formula is C18H22FIN6O. The van der Waals surface area contributed by atoms with Crippen molar-refractivity contribution < 1.29 is 9.13 Å². The number of fused-ring (bicyclic) bond motifs is 1. The fourth-order valence-electron chi connectivity index (χ4n) is 2.39. The molecule has 0 fully saturated rings. The first kappa shape index (κ1) is 20.9. The van der Waals surface area contributed by atoms with E-state index in [-0.39, 0.29) is 29.8 Å². The van der Waals surface area contributed by atoms with Gasteiger partial charge in [0.15, 0.2) is 17.4 Å². The lowest BCUT2D eigenvalue weighted by Crippen LogP contribution is -2.39. The minimum absolute atomic E-state index is 0. The van der Waals surface area contributed by atoms with Crippen LogP contribution >= 0.6 is 24.0 Å². The molecule has 3 rings (SSSR count). The minimum Gasteiger partial charge on any atom is -0.492 e. The molecule has 0 amide bonds. The Morgan fingerprint density at radius 1 is 1.19 bits per heavy atom. The molecule has 0 radical (unpaired) electrons. The van der Waals surface area contributed by atoms with Gasteiger partial charge in [0.1, 0.15) is 24.7 Å². The topological polar surface area (TPSA) is 75.8 Å². The van der Waals surface area contributed by atoms with Crippen molar-refractivity contribution in [1.82, 2.24) is 25.2 Å². The predicted octanol–water partition coefficient (Wildman–Crippen LogP) is 2.62. The summed E-state index contributed by atoms with van der Waals surface area (Å²) in [4.78, 5) is 4.52. The first-order valence-corrected chi connectivity index (χ1v) is 8.45. The molecule has 0 saturated heterocycles. The van der Waals surface area contributed by atoms with Gasteiger partial charge in [-0.1, -0.05) is 12.1 Å². The molecule has 0 aliphatic carbocycles. The van der Waals surface area contributed by atoms with Crippen LogP contribution in [0.25, 0.3) is 5.65 Å². The average molecular weight is 484 g/mol. The van der Waals surface area contributed by atoms with Gasteiger partial charge in [0.05, 0.1) is 6.54 Å². The molecule has 0 atom stereocenters. The Kier molecular flexibility index (Phi) is 8.24. The van der Waals surface area contributed by atoms with E-state index >= 15 is 0 Å². The largest absolute Gasteiger partial charge is 0.492 e. The maximum atomic E-state index is 13.1. The molecular weight excluding hydrogens is 462 g/mol. The highest BCUT2D eigenvalue weighted by Gasteiger charge is 2.04. The zero-order valence-corrected chi connectivity index (χ0v) is 17.3. The lowest BCUT2D eigenvalue weighted by atomic mass is 10.3. The molecule has 0 bridgehead atoms.